The van der Waals surface area contributed by atoms with Crippen molar-refractivity contribution in [1.29, 1.82) is 0 Å². The first-order valence-electron chi connectivity index (χ1n) is 9.50. The van der Waals surface area contributed by atoms with Gasteiger partial charge in [0.25, 0.3) is 17.5 Å². The standard InChI is InChI=1S/C23H16ClN3O5/c24-17-8-6-15(7-9-17)14-32-21-11-10-19(27(30)31)12-16(21)13-20-22(28)25-26(23(20)29)18-4-2-1-3-5-18/h1-13H,14H2,(H,25,28)/b20-13+. The number of nitrogens with zero attached hydrogens (tertiary/aromatic N) is 2. The molecular formula is C23H16ClN3O5. The molecule has 9 heteroatoms. The highest BCUT2D eigenvalue weighted by Crippen LogP contribution is 2.29. The number of hydrazine groups is 1. The summed E-state index contributed by atoms with van der Waals surface area (Å²) in [7, 11) is 0. The molecule has 1 heterocycles. The van der Waals surface area contributed by atoms with E-state index in [1.54, 1.807) is 54.6 Å². The SMILES string of the molecule is O=C1NN(c2ccccc2)C(=O)/C1=C/c1cc([N+](=O)[O-])ccc1OCc1ccc(Cl)cc1. The van der Waals surface area contributed by atoms with Gasteiger partial charge in [0.05, 0.1) is 10.6 Å². The average Bonchev–Trinajstić information content (AvgIpc) is 3.08. The lowest BCUT2D eigenvalue weighted by molar-refractivity contribution is -0.384. The van der Waals surface area contributed by atoms with Crippen molar-refractivity contribution in [2.24, 2.45) is 0 Å². The number of carbonyl (C=O) groups is 2. The molecule has 1 N–H and O–H groups in total. The largest absolute Gasteiger partial charge is 0.488 e. The van der Waals surface area contributed by atoms with Crippen LogP contribution in [0.2, 0.25) is 5.02 Å². The van der Waals surface area contributed by atoms with Crippen molar-refractivity contribution < 1.29 is 19.2 Å². The first-order valence-corrected chi connectivity index (χ1v) is 9.88. The number of hydrogen-bond donors (Lipinski definition) is 1. The molecule has 0 bridgehead atoms. The van der Waals surface area contributed by atoms with Crippen molar-refractivity contribution in [2.75, 3.05) is 5.01 Å². The zero-order valence-electron chi connectivity index (χ0n) is 16.5. The Bertz CT molecular complexity index is 1230. The first-order chi connectivity index (χ1) is 15.4. The average molecular weight is 450 g/mol. The molecule has 0 aliphatic carbocycles. The number of rotatable bonds is 6. The summed E-state index contributed by atoms with van der Waals surface area (Å²) in [6.07, 6.45) is 1.30. The second-order valence-corrected chi connectivity index (χ2v) is 7.31. The maximum absolute atomic E-state index is 12.8. The number of non-ortho nitro benzene ring substituents is 1. The van der Waals surface area contributed by atoms with E-state index in [0.717, 1.165) is 10.6 Å². The molecule has 1 saturated heterocycles. The minimum atomic E-state index is -0.617. The number of nitro groups is 1. The summed E-state index contributed by atoms with van der Waals surface area (Å²) in [5.41, 5.74) is 3.71. The highest BCUT2D eigenvalue weighted by atomic mass is 35.5. The van der Waals surface area contributed by atoms with Gasteiger partial charge in [0, 0.05) is 22.7 Å². The number of nitro benzene ring substituents is 1. The number of anilines is 1. The fourth-order valence-electron chi connectivity index (χ4n) is 3.11. The summed E-state index contributed by atoms with van der Waals surface area (Å²) in [5.74, 6) is -0.901. The lowest BCUT2D eigenvalue weighted by Gasteiger charge is -2.14. The maximum Gasteiger partial charge on any atom is 0.282 e. The van der Waals surface area contributed by atoms with Crippen molar-refractivity contribution in [3.05, 3.63) is 105 Å². The molecule has 1 fully saturated rings. The van der Waals surface area contributed by atoms with Crippen LogP contribution < -0.4 is 15.2 Å². The van der Waals surface area contributed by atoms with Gasteiger partial charge in [-0.15, -0.1) is 0 Å². The molecule has 1 aliphatic rings. The van der Waals surface area contributed by atoms with Gasteiger partial charge in [0.2, 0.25) is 0 Å². The smallest absolute Gasteiger partial charge is 0.282 e. The Hall–Kier alpha value is -4.17. The zero-order chi connectivity index (χ0) is 22.7. The summed E-state index contributed by atoms with van der Waals surface area (Å²) >= 11 is 5.89. The molecular weight excluding hydrogens is 434 g/mol. The van der Waals surface area contributed by atoms with E-state index >= 15 is 0 Å². The minimum absolute atomic E-state index is 0.161. The van der Waals surface area contributed by atoms with Gasteiger partial charge in [-0.25, -0.2) is 5.01 Å². The van der Waals surface area contributed by atoms with Crippen LogP contribution in [0.25, 0.3) is 6.08 Å². The number of amides is 2. The molecule has 0 aromatic heterocycles. The molecule has 1 aliphatic heterocycles. The van der Waals surface area contributed by atoms with Crippen LogP contribution in [0.4, 0.5) is 11.4 Å². The third kappa shape index (κ3) is 4.45. The Balaban J connectivity index is 1.66. The lowest BCUT2D eigenvalue weighted by atomic mass is 10.1. The third-order valence-corrected chi connectivity index (χ3v) is 4.97. The molecule has 0 saturated carbocycles. The van der Waals surface area contributed by atoms with Gasteiger partial charge in [-0.05, 0) is 42.0 Å². The monoisotopic (exact) mass is 449 g/mol. The lowest BCUT2D eigenvalue weighted by Crippen LogP contribution is -2.35. The molecule has 0 radical (unpaired) electrons. The number of halogens is 1. The fraction of sp³-hybridized carbons (Fsp3) is 0.0435. The van der Waals surface area contributed by atoms with Crippen LogP contribution in [-0.4, -0.2) is 16.7 Å². The van der Waals surface area contributed by atoms with Crippen LogP contribution in [0.1, 0.15) is 11.1 Å². The molecule has 8 nitrogen and oxygen atoms in total. The Morgan fingerprint density at radius 3 is 2.44 bits per heavy atom. The Morgan fingerprint density at radius 2 is 1.75 bits per heavy atom. The first kappa shape index (κ1) is 21.1. The molecule has 160 valence electrons. The Kier molecular flexibility index (Phi) is 5.87. The number of nitrogens with one attached hydrogen (secondary N) is 1. The van der Waals surface area contributed by atoms with Gasteiger partial charge in [-0.1, -0.05) is 41.9 Å². The van der Waals surface area contributed by atoms with Crippen LogP contribution >= 0.6 is 11.6 Å². The summed E-state index contributed by atoms with van der Waals surface area (Å²) in [5, 5.41) is 13.0. The summed E-state index contributed by atoms with van der Waals surface area (Å²) < 4.78 is 5.82. The maximum atomic E-state index is 12.8. The summed E-state index contributed by atoms with van der Waals surface area (Å²) in [4.78, 5) is 36.0. The highest BCUT2D eigenvalue weighted by Gasteiger charge is 2.34. The molecule has 0 spiro atoms. The van der Waals surface area contributed by atoms with Gasteiger partial charge in [-0.3, -0.25) is 25.1 Å². The van der Waals surface area contributed by atoms with Crippen LogP contribution in [0.3, 0.4) is 0 Å². The van der Waals surface area contributed by atoms with E-state index in [1.165, 1.54) is 24.3 Å². The summed E-state index contributed by atoms with van der Waals surface area (Å²) in [6.45, 7) is 0.168. The number of hydrogen-bond acceptors (Lipinski definition) is 5. The van der Waals surface area contributed by atoms with Crippen molar-refractivity contribution in [2.45, 2.75) is 6.61 Å². The Morgan fingerprint density at radius 1 is 1.03 bits per heavy atom. The second kappa shape index (κ2) is 8.91. The van der Waals surface area contributed by atoms with Crippen LogP contribution in [0.5, 0.6) is 5.75 Å². The molecule has 2 amide bonds. The van der Waals surface area contributed by atoms with E-state index in [4.69, 9.17) is 16.3 Å². The van der Waals surface area contributed by atoms with Gasteiger partial charge < -0.3 is 4.74 Å². The molecule has 4 rings (SSSR count). The van der Waals surface area contributed by atoms with Crippen molar-refractivity contribution in [3.63, 3.8) is 0 Å². The molecule has 3 aromatic rings. The fourth-order valence-corrected chi connectivity index (χ4v) is 3.23. The summed E-state index contributed by atoms with van der Waals surface area (Å²) in [6, 6.07) is 19.6. The second-order valence-electron chi connectivity index (χ2n) is 6.87. The van der Waals surface area contributed by atoms with E-state index in [1.807, 2.05) is 0 Å². The van der Waals surface area contributed by atoms with Crippen molar-refractivity contribution >= 4 is 40.9 Å². The molecule has 3 aromatic carbocycles. The predicted molar refractivity (Wildman–Crippen MR) is 119 cm³/mol. The van der Waals surface area contributed by atoms with Crippen molar-refractivity contribution in [1.82, 2.24) is 5.43 Å². The van der Waals surface area contributed by atoms with Gasteiger partial charge in [-0.2, -0.15) is 0 Å². The van der Waals surface area contributed by atoms with E-state index in [-0.39, 0.29) is 29.2 Å². The van der Waals surface area contributed by atoms with Gasteiger partial charge in [0.15, 0.2) is 0 Å². The number of ether oxygens (including phenoxy) is 1. The van der Waals surface area contributed by atoms with E-state index in [2.05, 4.69) is 5.43 Å². The quantitative estimate of drug-likeness (QED) is 0.262. The molecule has 32 heavy (non-hydrogen) atoms. The number of benzene rings is 3. The normalized spacial score (nSPS) is 14.5. The topological polar surface area (TPSA) is 102 Å². The predicted octanol–water partition coefficient (Wildman–Crippen LogP) is 4.29. The third-order valence-electron chi connectivity index (χ3n) is 4.72. The van der Waals surface area contributed by atoms with E-state index < -0.39 is 16.7 Å². The molecule has 0 atom stereocenters. The highest BCUT2D eigenvalue weighted by molar-refractivity contribution is 6.31. The minimum Gasteiger partial charge on any atom is -0.488 e. The van der Waals surface area contributed by atoms with Crippen LogP contribution in [-0.2, 0) is 16.2 Å². The van der Waals surface area contributed by atoms with E-state index in [0.29, 0.717) is 10.7 Å². The molecule has 0 unspecified atom stereocenters. The van der Waals surface area contributed by atoms with E-state index in [9.17, 15) is 19.7 Å². The van der Waals surface area contributed by atoms with Crippen LogP contribution in [0.15, 0.2) is 78.4 Å². The zero-order valence-corrected chi connectivity index (χ0v) is 17.3. The van der Waals surface area contributed by atoms with Crippen molar-refractivity contribution in [3.8, 4) is 5.75 Å². The van der Waals surface area contributed by atoms with Gasteiger partial charge >= 0.3 is 0 Å². The van der Waals surface area contributed by atoms with Gasteiger partial charge in [0.1, 0.15) is 17.9 Å². The number of para-hydroxylation sites is 1. The number of carbonyl (C=O) groups excluding carboxylic acids is 2. The Labute approximate surface area is 187 Å². The van der Waals surface area contributed by atoms with Crippen LogP contribution in [0, 0.1) is 10.1 Å².